The molecule has 1 amide bonds. The van der Waals surface area contributed by atoms with Crippen LogP contribution in [-0.2, 0) is 14.3 Å². The molecule has 0 spiro atoms. The summed E-state index contributed by atoms with van der Waals surface area (Å²) in [6.45, 7) is 0.406. The lowest BCUT2D eigenvalue weighted by Crippen LogP contribution is -2.66. The second kappa shape index (κ2) is 3.87. The van der Waals surface area contributed by atoms with Crippen molar-refractivity contribution in [3.05, 3.63) is 0 Å². The smallest absolute Gasteiger partial charge is 0.255 e. The van der Waals surface area contributed by atoms with E-state index in [2.05, 4.69) is 0 Å². The summed E-state index contributed by atoms with van der Waals surface area (Å²) in [7, 11) is 1.41. The van der Waals surface area contributed by atoms with Gasteiger partial charge in [0.05, 0.1) is 0 Å². The number of aldehydes is 1. The standard InChI is InChI=1S/C7H10ClNO3/c1-12-6-5(4-10)9(3-2-8)7(6)11/h4-6H,2-3H2,1H3/t5-,6+/m0/s1. The van der Waals surface area contributed by atoms with Gasteiger partial charge >= 0.3 is 0 Å². The molecule has 0 aromatic heterocycles. The first-order valence-corrected chi connectivity index (χ1v) is 4.14. The van der Waals surface area contributed by atoms with Crippen LogP contribution in [-0.4, -0.2) is 48.8 Å². The number of likely N-dealkylation sites (tertiary alicyclic amines) is 1. The number of β-lactam (4-membered cyclic amide) rings is 1. The Labute approximate surface area is 75.4 Å². The fourth-order valence-electron chi connectivity index (χ4n) is 1.27. The summed E-state index contributed by atoms with van der Waals surface area (Å²) in [5.41, 5.74) is 0. The van der Waals surface area contributed by atoms with E-state index in [1.807, 2.05) is 0 Å². The fourth-order valence-corrected chi connectivity index (χ4v) is 1.46. The van der Waals surface area contributed by atoms with Crippen molar-refractivity contribution in [3.63, 3.8) is 0 Å². The molecule has 1 heterocycles. The van der Waals surface area contributed by atoms with Gasteiger partial charge in [-0.2, -0.15) is 0 Å². The van der Waals surface area contributed by atoms with E-state index in [0.717, 1.165) is 0 Å². The summed E-state index contributed by atoms with van der Waals surface area (Å²) in [6.07, 6.45) is 0.119. The highest BCUT2D eigenvalue weighted by atomic mass is 35.5. The van der Waals surface area contributed by atoms with E-state index in [1.165, 1.54) is 12.0 Å². The lowest BCUT2D eigenvalue weighted by molar-refractivity contribution is -0.170. The number of nitrogens with zero attached hydrogens (tertiary/aromatic N) is 1. The Kier molecular flexibility index (Phi) is 3.05. The van der Waals surface area contributed by atoms with Gasteiger partial charge in [0, 0.05) is 19.5 Å². The number of ether oxygens (including phenoxy) is 1. The molecule has 5 heteroatoms. The Bertz CT molecular complexity index is 197. The summed E-state index contributed by atoms with van der Waals surface area (Å²) in [5, 5.41) is 0. The van der Waals surface area contributed by atoms with Crippen LogP contribution in [0.4, 0.5) is 0 Å². The number of hydrogen-bond acceptors (Lipinski definition) is 3. The van der Waals surface area contributed by atoms with Gasteiger partial charge in [0.1, 0.15) is 12.3 Å². The van der Waals surface area contributed by atoms with Gasteiger partial charge in [0.2, 0.25) is 0 Å². The Morgan fingerprint density at radius 2 is 2.42 bits per heavy atom. The molecular formula is C7H10ClNO3. The Balaban J connectivity index is 2.55. The molecule has 0 N–H and O–H groups in total. The maximum absolute atomic E-state index is 11.1. The summed E-state index contributed by atoms with van der Waals surface area (Å²) in [4.78, 5) is 23.0. The first-order chi connectivity index (χ1) is 5.76. The van der Waals surface area contributed by atoms with Crippen molar-refractivity contribution in [1.29, 1.82) is 0 Å². The number of rotatable bonds is 4. The van der Waals surface area contributed by atoms with Crippen molar-refractivity contribution in [2.75, 3.05) is 19.5 Å². The van der Waals surface area contributed by atoms with Gasteiger partial charge in [0.25, 0.3) is 5.91 Å². The maximum Gasteiger partial charge on any atom is 0.255 e. The monoisotopic (exact) mass is 191 g/mol. The van der Waals surface area contributed by atoms with Gasteiger partial charge in [-0.25, -0.2) is 0 Å². The van der Waals surface area contributed by atoms with Crippen LogP contribution in [0.2, 0.25) is 0 Å². The molecule has 0 saturated carbocycles. The number of halogens is 1. The molecule has 0 aliphatic carbocycles. The first-order valence-electron chi connectivity index (χ1n) is 3.60. The van der Waals surface area contributed by atoms with Crippen LogP contribution < -0.4 is 0 Å². The Hall–Kier alpha value is -0.610. The van der Waals surface area contributed by atoms with Gasteiger partial charge in [-0.1, -0.05) is 0 Å². The topological polar surface area (TPSA) is 46.6 Å². The van der Waals surface area contributed by atoms with Crippen LogP contribution in [0.25, 0.3) is 0 Å². The van der Waals surface area contributed by atoms with E-state index in [1.54, 1.807) is 0 Å². The molecule has 4 nitrogen and oxygen atoms in total. The third-order valence-corrected chi connectivity index (χ3v) is 2.08. The molecule has 12 heavy (non-hydrogen) atoms. The van der Waals surface area contributed by atoms with Crippen molar-refractivity contribution in [2.24, 2.45) is 0 Å². The van der Waals surface area contributed by atoms with Gasteiger partial charge in [0.15, 0.2) is 6.10 Å². The quantitative estimate of drug-likeness (QED) is 0.347. The summed E-state index contributed by atoms with van der Waals surface area (Å²) < 4.78 is 4.81. The van der Waals surface area contributed by atoms with Crippen LogP contribution in [0.1, 0.15) is 0 Å². The average Bonchev–Trinajstić information content (AvgIpc) is 2.09. The molecule has 1 aliphatic heterocycles. The third-order valence-electron chi connectivity index (χ3n) is 1.92. The molecule has 2 atom stereocenters. The van der Waals surface area contributed by atoms with Crippen molar-refractivity contribution in [2.45, 2.75) is 12.1 Å². The van der Waals surface area contributed by atoms with Gasteiger partial charge in [-0.3, -0.25) is 4.79 Å². The molecule has 1 saturated heterocycles. The van der Waals surface area contributed by atoms with Crippen LogP contribution in [0.3, 0.4) is 0 Å². The van der Waals surface area contributed by atoms with Crippen LogP contribution in [0.5, 0.6) is 0 Å². The summed E-state index contributed by atoms with van der Waals surface area (Å²) in [6, 6.07) is -0.443. The number of hydrogen-bond donors (Lipinski definition) is 0. The Morgan fingerprint density at radius 3 is 2.83 bits per heavy atom. The zero-order valence-electron chi connectivity index (χ0n) is 6.70. The van der Waals surface area contributed by atoms with Crippen molar-refractivity contribution in [1.82, 2.24) is 4.90 Å². The van der Waals surface area contributed by atoms with Crippen LogP contribution >= 0.6 is 11.6 Å². The van der Waals surface area contributed by atoms with Gasteiger partial charge < -0.3 is 14.4 Å². The van der Waals surface area contributed by atoms with E-state index in [-0.39, 0.29) is 5.91 Å². The second-order valence-electron chi connectivity index (χ2n) is 2.50. The lowest BCUT2D eigenvalue weighted by atomic mass is 10.00. The minimum atomic E-state index is -0.592. The average molecular weight is 192 g/mol. The number of amides is 1. The molecular weight excluding hydrogens is 182 g/mol. The Morgan fingerprint density at radius 1 is 1.75 bits per heavy atom. The molecule has 0 unspecified atom stereocenters. The molecule has 1 aliphatic rings. The molecule has 0 aromatic carbocycles. The highest BCUT2D eigenvalue weighted by molar-refractivity contribution is 6.18. The normalized spacial score (nSPS) is 28.5. The number of methoxy groups -OCH3 is 1. The lowest BCUT2D eigenvalue weighted by Gasteiger charge is -2.42. The highest BCUT2D eigenvalue weighted by Crippen LogP contribution is 2.20. The SMILES string of the molecule is CO[C@H]1C(=O)N(CCCl)[C@H]1C=O. The number of carbonyl (C=O) groups excluding carboxylic acids is 2. The fraction of sp³-hybridized carbons (Fsp3) is 0.714. The largest absolute Gasteiger partial charge is 0.369 e. The van der Waals surface area contributed by atoms with Gasteiger partial charge in [-0.05, 0) is 0 Å². The van der Waals surface area contributed by atoms with E-state index in [0.29, 0.717) is 18.7 Å². The van der Waals surface area contributed by atoms with Crippen molar-refractivity contribution >= 4 is 23.8 Å². The first kappa shape index (κ1) is 9.48. The van der Waals surface area contributed by atoms with Crippen LogP contribution in [0, 0.1) is 0 Å². The zero-order chi connectivity index (χ0) is 9.14. The number of alkyl halides is 1. The van der Waals surface area contributed by atoms with Gasteiger partial charge in [-0.15, -0.1) is 11.6 Å². The van der Waals surface area contributed by atoms with E-state index in [4.69, 9.17) is 16.3 Å². The predicted octanol–water partition coefficient (Wildman–Crippen LogP) is -0.350. The molecule has 68 valence electrons. The molecule has 0 radical (unpaired) electrons. The summed E-state index contributed by atoms with van der Waals surface area (Å²) in [5.74, 6) is 0.183. The summed E-state index contributed by atoms with van der Waals surface area (Å²) >= 11 is 5.44. The van der Waals surface area contributed by atoms with Crippen molar-refractivity contribution < 1.29 is 14.3 Å². The van der Waals surface area contributed by atoms with Crippen LogP contribution in [0.15, 0.2) is 0 Å². The molecule has 1 fully saturated rings. The van der Waals surface area contributed by atoms with Crippen molar-refractivity contribution in [3.8, 4) is 0 Å². The predicted molar refractivity (Wildman–Crippen MR) is 43.1 cm³/mol. The molecule has 1 rings (SSSR count). The highest BCUT2D eigenvalue weighted by Gasteiger charge is 2.47. The molecule has 0 bridgehead atoms. The zero-order valence-corrected chi connectivity index (χ0v) is 7.45. The molecule has 0 aromatic rings. The maximum atomic E-state index is 11.1. The minimum Gasteiger partial charge on any atom is -0.369 e. The number of carbonyl (C=O) groups is 2. The second-order valence-corrected chi connectivity index (χ2v) is 2.88. The third kappa shape index (κ3) is 1.32. The minimum absolute atomic E-state index is 0.157. The van der Waals surface area contributed by atoms with E-state index in [9.17, 15) is 9.59 Å². The van der Waals surface area contributed by atoms with E-state index >= 15 is 0 Å². The van der Waals surface area contributed by atoms with E-state index < -0.39 is 12.1 Å².